The van der Waals surface area contributed by atoms with Crippen LogP contribution in [0.4, 0.5) is 0 Å². The summed E-state index contributed by atoms with van der Waals surface area (Å²) in [4.78, 5) is 44.1. The zero-order valence-corrected chi connectivity index (χ0v) is 19.0. The molecule has 0 bridgehead atoms. The minimum atomic E-state index is -0.554. The van der Waals surface area contributed by atoms with Crippen LogP contribution in [0.25, 0.3) is 0 Å². The summed E-state index contributed by atoms with van der Waals surface area (Å²) >= 11 is 0. The van der Waals surface area contributed by atoms with Gasteiger partial charge in [-0.1, -0.05) is 19.9 Å². The first kappa shape index (κ1) is 23.5. The topological polar surface area (TPSA) is 90.7 Å². The van der Waals surface area contributed by atoms with Crippen LogP contribution in [0.15, 0.2) is 35.3 Å². The number of carbonyl (C=O) groups is 2. The smallest absolute Gasteiger partial charge is 0.343 e. The number of hydrogen-bond donors (Lipinski definition) is 0. The van der Waals surface area contributed by atoms with Gasteiger partial charge in [0.15, 0.2) is 0 Å². The molecule has 0 saturated heterocycles. The summed E-state index contributed by atoms with van der Waals surface area (Å²) in [7, 11) is 1.31. The number of aromatic nitrogens is 2. The lowest BCUT2D eigenvalue weighted by molar-refractivity contribution is -0.131. The van der Waals surface area contributed by atoms with Crippen molar-refractivity contribution in [3.63, 3.8) is 0 Å². The molecule has 8 nitrogen and oxygen atoms in total. The molecule has 0 atom stereocenters. The summed E-state index contributed by atoms with van der Waals surface area (Å²) < 4.78 is 12.4. The molecule has 1 aliphatic heterocycles. The molecule has 0 fully saturated rings. The van der Waals surface area contributed by atoms with Gasteiger partial charge < -0.3 is 18.9 Å². The van der Waals surface area contributed by atoms with E-state index in [1.165, 1.54) is 13.2 Å². The lowest BCUT2D eigenvalue weighted by atomic mass is 10.1. The third kappa shape index (κ3) is 5.75. The normalized spacial score (nSPS) is 13.4. The van der Waals surface area contributed by atoms with Crippen LogP contribution in [0.1, 0.15) is 48.4 Å². The highest BCUT2D eigenvalue weighted by Gasteiger charge is 2.27. The van der Waals surface area contributed by atoms with Crippen LogP contribution in [0.2, 0.25) is 0 Å². The van der Waals surface area contributed by atoms with Crippen molar-refractivity contribution >= 4 is 11.9 Å². The SMILES string of the molecule is COC(=O)c1c(OCCc2ccccn2)cc(=O)n2c1CCN(C(=O)CCC(C)C)CC2. The zero-order chi connectivity index (χ0) is 23.1. The van der Waals surface area contributed by atoms with Gasteiger partial charge in [-0.3, -0.25) is 14.6 Å². The molecule has 0 N–H and O–H groups in total. The molecule has 0 saturated carbocycles. The second-order valence-electron chi connectivity index (χ2n) is 8.29. The quantitative estimate of drug-likeness (QED) is 0.585. The summed E-state index contributed by atoms with van der Waals surface area (Å²) in [6.45, 7) is 5.65. The number of carbonyl (C=O) groups excluding carboxylic acids is 2. The highest BCUT2D eigenvalue weighted by molar-refractivity contribution is 5.93. The first-order valence-electron chi connectivity index (χ1n) is 11.1. The van der Waals surface area contributed by atoms with Crippen LogP contribution in [0.5, 0.6) is 5.75 Å². The maximum Gasteiger partial charge on any atom is 0.343 e. The molecule has 0 radical (unpaired) electrons. The second kappa shape index (κ2) is 10.9. The van der Waals surface area contributed by atoms with Crippen molar-refractivity contribution in [3.8, 4) is 5.75 Å². The fraction of sp³-hybridized carbons (Fsp3) is 0.500. The summed E-state index contributed by atoms with van der Waals surface area (Å²) in [6.07, 6.45) is 3.93. The molecular weight excluding hydrogens is 410 g/mol. The van der Waals surface area contributed by atoms with Crippen molar-refractivity contribution in [2.75, 3.05) is 26.8 Å². The molecule has 0 spiro atoms. The van der Waals surface area contributed by atoms with E-state index in [1.54, 1.807) is 15.7 Å². The number of hydrogen-bond acceptors (Lipinski definition) is 6. The number of methoxy groups -OCH3 is 1. The molecule has 32 heavy (non-hydrogen) atoms. The fourth-order valence-electron chi connectivity index (χ4n) is 3.82. The van der Waals surface area contributed by atoms with Gasteiger partial charge in [0.25, 0.3) is 5.56 Å². The molecule has 8 heteroatoms. The summed E-state index contributed by atoms with van der Waals surface area (Å²) in [5, 5.41) is 0. The van der Waals surface area contributed by atoms with Crippen molar-refractivity contribution < 1.29 is 19.1 Å². The molecule has 3 heterocycles. The molecule has 2 aromatic rings. The van der Waals surface area contributed by atoms with Crippen molar-refractivity contribution in [2.24, 2.45) is 5.92 Å². The average Bonchev–Trinajstić information content (AvgIpc) is 3.01. The molecule has 3 rings (SSSR count). The van der Waals surface area contributed by atoms with Gasteiger partial charge in [0.05, 0.1) is 13.7 Å². The van der Waals surface area contributed by atoms with Gasteiger partial charge in [0.2, 0.25) is 5.91 Å². The second-order valence-corrected chi connectivity index (χ2v) is 8.29. The van der Waals surface area contributed by atoms with Crippen LogP contribution in [-0.2, 0) is 28.9 Å². The van der Waals surface area contributed by atoms with Gasteiger partial charge in [-0.15, -0.1) is 0 Å². The molecule has 172 valence electrons. The van der Waals surface area contributed by atoms with E-state index >= 15 is 0 Å². The van der Waals surface area contributed by atoms with E-state index in [0.717, 1.165) is 12.1 Å². The molecular formula is C24H31N3O5. The van der Waals surface area contributed by atoms with Crippen LogP contribution in [0, 0.1) is 5.92 Å². The molecule has 1 aliphatic rings. The fourth-order valence-corrected chi connectivity index (χ4v) is 3.82. The summed E-state index contributed by atoms with van der Waals surface area (Å²) in [5.41, 5.74) is 1.41. The molecule has 2 aromatic heterocycles. The van der Waals surface area contributed by atoms with Crippen molar-refractivity contribution in [1.29, 1.82) is 0 Å². The Morgan fingerprint density at radius 1 is 1.19 bits per heavy atom. The minimum Gasteiger partial charge on any atom is -0.492 e. The Hall–Kier alpha value is -3.16. The van der Waals surface area contributed by atoms with Gasteiger partial charge in [-0.2, -0.15) is 0 Å². The lowest BCUT2D eigenvalue weighted by Crippen LogP contribution is -2.34. The molecule has 0 unspecified atom stereocenters. The van der Waals surface area contributed by atoms with E-state index in [4.69, 9.17) is 9.47 Å². The number of pyridine rings is 2. The number of amides is 1. The Morgan fingerprint density at radius 2 is 2.00 bits per heavy atom. The van der Waals surface area contributed by atoms with Crippen molar-refractivity contribution in [3.05, 3.63) is 57.8 Å². The standard InChI is InChI=1S/C24H31N3O5/c1-17(2)7-8-21(28)26-12-9-19-23(24(30)31-3)20(16-22(29)27(19)14-13-26)32-15-10-18-6-4-5-11-25-18/h4-6,11,16-17H,7-10,12-15H2,1-3H3. The first-order chi connectivity index (χ1) is 15.4. The minimum absolute atomic E-state index is 0.0750. The largest absolute Gasteiger partial charge is 0.492 e. The number of rotatable bonds is 8. The number of nitrogens with zero attached hydrogens (tertiary/aromatic N) is 3. The lowest BCUT2D eigenvalue weighted by Gasteiger charge is -2.20. The predicted octanol–water partition coefficient (Wildman–Crippen LogP) is 2.47. The van der Waals surface area contributed by atoms with Gasteiger partial charge in [-0.05, 0) is 24.5 Å². The van der Waals surface area contributed by atoms with Crippen LogP contribution >= 0.6 is 0 Å². The van der Waals surface area contributed by atoms with Crippen molar-refractivity contribution in [1.82, 2.24) is 14.5 Å². The van der Waals surface area contributed by atoms with Crippen LogP contribution < -0.4 is 10.3 Å². The van der Waals surface area contributed by atoms with Gasteiger partial charge in [0.1, 0.15) is 11.3 Å². The van der Waals surface area contributed by atoms with Crippen LogP contribution in [-0.4, -0.2) is 53.1 Å². The highest BCUT2D eigenvalue weighted by Crippen LogP contribution is 2.24. The molecule has 1 amide bonds. The Balaban J connectivity index is 1.82. The van der Waals surface area contributed by atoms with E-state index in [-0.39, 0.29) is 29.4 Å². The summed E-state index contributed by atoms with van der Waals surface area (Å²) in [6, 6.07) is 6.96. The van der Waals surface area contributed by atoms with E-state index in [2.05, 4.69) is 18.8 Å². The number of fused-ring (bicyclic) bond motifs is 1. The van der Waals surface area contributed by atoms with Crippen LogP contribution in [0.3, 0.4) is 0 Å². The first-order valence-corrected chi connectivity index (χ1v) is 11.1. The van der Waals surface area contributed by atoms with E-state index in [0.29, 0.717) is 50.5 Å². The Kier molecular flexibility index (Phi) is 8.03. The molecule has 0 aromatic carbocycles. The highest BCUT2D eigenvalue weighted by atomic mass is 16.5. The van der Waals surface area contributed by atoms with Gasteiger partial charge in [-0.25, -0.2) is 4.79 Å². The number of esters is 1. The Morgan fingerprint density at radius 3 is 2.69 bits per heavy atom. The zero-order valence-electron chi connectivity index (χ0n) is 19.0. The monoisotopic (exact) mass is 441 g/mol. The van der Waals surface area contributed by atoms with Gasteiger partial charge >= 0.3 is 5.97 Å². The van der Waals surface area contributed by atoms with E-state index in [1.807, 2.05) is 18.2 Å². The van der Waals surface area contributed by atoms with E-state index in [9.17, 15) is 14.4 Å². The maximum atomic E-state index is 12.8. The third-order valence-corrected chi connectivity index (χ3v) is 5.61. The van der Waals surface area contributed by atoms with Gasteiger partial charge in [0, 0.05) is 62.5 Å². The Labute approximate surface area is 188 Å². The summed E-state index contributed by atoms with van der Waals surface area (Å²) in [5.74, 6) is 0.179. The molecule has 0 aliphatic carbocycles. The Bertz CT molecular complexity index is 1000. The average molecular weight is 442 g/mol. The maximum absolute atomic E-state index is 12.8. The predicted molar refractivity (Wildman–Crippen MR) is 120 cm³/mol. The third-order valence-electron chi connectivity index (χ3n) is 5.61. The van der Waals surface area contributed by atoms with Crippen molar-refractivity contribution in [2.45, 2.75) is 46.1 Å². The number of ether oxygens (including phenoxy) is 2. The van der Waals surface area contributed by atoms with E-state index < -0.39 is 5.97 Å².